The summed E-state index contributed by atoms with van der Waals surface area (Å²) in [6, 6.07) is 18.6. The van der Waals surface area contributed by atoms with Crippen LogP contribution in [0.4, 0.5) is 24.8 Å². The van der Waals surface area contributed by atoms with Crippen molar-refractivity contribution < 1.29 is 18.0 Å². The second-order valence-electron chi connectivity index (χ2n) is 7.94. The number of hydrogen-bond acceptors (Lipinski definition) is 3. The lowest BCUT2D eigenvalue weighted by Crippen LogP contribution is -2.31. The van der Waals surface area contributed by atoms with Crippen LogP contribution in [0.3, 0.4) is 0 Å². The van der Waals surface area contributed by atoms with Gasteiger partial charge in [0.05, 0.1) is 28.2 Å². The van der Waals surface area contributed by atoms with Crippen molar-refractivity contribution in [2.24, 2.45) is 0 Å². The van der Waals surface area contributed by atoms with E-state index in [9.17, 15) is 18.0 Å². The van der Waals surface area contributed by atoms with E-state index in [1.54, 1.807) is 19.1 Å². The van der Waals surface area contributed by atoms with Crippen LogP contribution in [0.2, 0.25) is 5.02 Å². The van der Waals surface area contributed by atoms with E-state index in [1.165, 1.54) is 12.1 Å². The van der Waals surface area contributed by atoms with Crippen molar-refractivity contribution in [2.45, 2.75) is 19.1 Å². The molecule has 1 aliphatic heterocycles. The van der Waals surface area contributed by atoms with Crippen LogP contribution in [0.15, 0.2) is 84.1 Å². The maximum absolute atomic E-state index is 13.5. The minimum absolute atomic E-state index is 0.0521. The molecule has 0 saturated heterocycles. The zero-order chi connectivity index (χ0) is 24.0. The fraction of sp³-hybridized carbons (Fsp3) is 0.120. The van der Waals surface area contributed by atoms with Gasteiger partial charge < -0.3 is 10.6 Å². The van der Waals surface area contributed by atoms with Crippen molar-refractivity contribution in [3.63, 3.8) is 0 Å². The number of halogens is 4. The third-order valence-electron chi connectivity index (χ3n) is 5.71. The molecule has 1 atom stereocenters. The van der Waals surface area contributed by atoms with E-state index in [-0.39, 0.29) is 5.69 Å². The minimum atomic E-state index is -4.52. The SMILES string of the molecule is CC1=C(C(=O)Nc2cccc(C(F)(F)F)c2)C(c2ccc(Cl)cc2)n2c(nc3ccccc32)N1. The molecule has 0 saturated carbocycles. The molecule has 5 rings (SSSR count). The molecule has 2 N–H and O–H groups in total. The first kappa shape index (κ1) is 22.0. The molecule has 3 aromatic carbocycles. The molecule has 0 bridgehead atoms. The molecule has 1 aromatic heterocycles. The lowest BCUT2D eigenvalue weighted by atomic mass is 9.94. The van der Waals surface area contributed by atoms with E-state index in [4.69, 9.17) is 11.6 Å². The molecule has 1 amide bonds. The number of carbonyl (C=O) groups excluding carboxylic acids is 1. The standard InChI is InChI=1S/C25H18ClF3N4O/c1-14-21(23(34)31-18-6-4-5-16(13-18)25(27,28)29)22(15-9-11-17(26)12-10-15)33-20-8-3-2-7-19(20)32-24(33)30-14/h2-13,22H,1H3,(H,30,32)(H,31,34). The smallest absolute Gasteiger partial charge is 0.329 e. The first-order valence-electron chi connectivity index (χ1n) is 10.4. The summed E-state index contributed by atoms with van der Waals surface area (Å²) in [6.45, 7) is 1.74. The van der Waals surface area contributed by atoms with Gasteiger partial charge in [-0.2, -0.15) is 13.2 Å². The molecule has 4 aromatic rings. The van der Waals surface area contributed by atoms with Crippen LogP contribution >= 0.6 is 11.6 Å². The largest absolute Gasteiger partial charge is 0.416 e. The normalized spacial score (nSPS) is 15.7. The van der Waals surface area contributed by atoms with Gasteiger partial charge in [0.15, 0.2) is 0 Å². The number of fused-ring (bicyclic) bond motifs is 3. The third kappa shape index (κ3) is 3.90. The molecule has 172 valence electrons. The maximum atomic E-state index is 13.5. The number of aromatic nitrogens is 2. The van der Waals surface area contributed by atoms with Crippen molar-refractivity contribution in [1.29, 1.82) is 0 Å². The quantitative estimate of drug-likeness (QED) is 0.344. The van der Waals surface area contributed by atoms with E-state index >= 15 is 0 Å². The highest BCUT2D eigenvalue weighted by molar-refractivity contribution is 6.30. The molecule has 9 heteroatoms. The van der Waals surface area contributed by atoms with Crippen LogP contribution in [0.5, 0.6) is 0 Å². The molecule has 34 heavy (non-hydrogen) atoms. The number of nitrogens with one attached hydrogen (secondary N) is 2. The molecular formula is C25H18ClF3N4O. The average Bonchev–Trinajstić information content (AvgIpc) is 3.16. The number of imidazole rings is 1. The first-order chi connectivity index (χ1) is 16.2. The topological polar surface area (TPSA) is 59.0 Å². The number of benzene rings is 3. The number of rotatable bonds is 3. The second-order valence-corrected chi connectivity index (χ2v) is 8.38. The van der Waals surface area contributed by atoms with Gasteiger partial charge in [-0.25, -0.2) is 4.98 Å². The number of alkyl halides is 3. The molecule has 2 heterocycles. The molecule has 5 nitrogen and oxygen atoms in total. The number of nitrogens with zero attached hydrogens (tertiary/aromatic N) is 2. The Labute approximate surface area is 197 Å². The Balaban J connectivity index is 1.61. The predicted molar refractivity (Wildman–Crippen MR) is 126 cm³/mol. The number of carbonyl (C=O) groups is 1. The molecule has 1 unspecified atom stereocenters. The van der Waals surface area contributed by atoms with Gasteiger partial charge in [-0.1, -0.05) is 41.9 Å². The molecule has 0 aliphatic carbocycles. The highest BCUT2D eigenvalue weighted by atomic mass is 35.5. The van der Waals surface area contributed by atoms with Gasteiger partial charge in [0.25, 0.3) is 5.91 Å². The van der Waals surface area contributed by atoms with Crippen LogP contribution in [0.1, 0.15) is 24.1 Å². The summed E-state index contributed by atoms with van der Waals surface area (Å²) in [7, 11) is 0. The molecule has 0 fully saturated rings. The zero-order valence-electron chi connectivity index (χ0n) is 17.8. The van der Waals surface area contributed by atoms with Gasteiger partial charge in [0.2, 0.25) is 5.95 Å². The van der Waals surface area contributed by atoms with Crippen molar-refractivity contribution >= 4 is 40.2 Å². The Hall–Kier alpha value is -3.78. The van der Waals surface area contributed by atoms with E-state index < -0.39 is 23.7 Å². The summed E-state index contributed by atoms with van der Waals surface area (Å²) in [5.41, 5.74) is 2.45. The lowest BCUT2D eigenvalue weighted by Gasteiger charge is -2.30. The summed E-state index contributed by atoms with van der Waals surface area (Å²) in [5, 5.41) is 6.36. The van der Waals surface area contributed by atoms with Crippen molar-refractivity contribution in [2.75, 3.05) is 10.6 Å². The Morgan fingerprint density at radius 1 is 1.06 bits per heavy atom. The summed E-state index contributed by atoms with van der Waals surface area (Å²) >= 11 is 6.10. The highest BCUT2D eigenvalue weighted by Gasteiger charge is 2.35. The lowest BCUT2D eigenvalue weighted by molar-refractivity contribution is -0.137. The van der Waals surface area contributed by atoms with E-state index in [1.807, 2.05) is 41.0 Å². The van der Waals surface area contributed by atoms with Gasteiger partial charge in [0, 0.05) is 16.4 Å². The fourth-order valence-corrected chi connectivity index (χ4v) is 4.32. The van der Waals surface area contributed by atoms with E-state index in [0.29, 0.717) is 22.2 Å². The zero-order valence-corrected chi connectivity index (χ0v) is 18.6. The van der Waals surface area contributed by atoms with E-state index in [0.717, 1.165) is 28.7 Å². The Morgan fingerprint density at radius 3 is 2.53 bits per heavy atom. The van der Waals surface area contributed by atoms with Crippen molar-refractivity contribution in [1.82, 2.24) is 9.55 Å². The van der Waals surface area contributed by atoms with Gasteiger partial charge in [-0.05, 0) is 55.0 Å². The van der Waals surface area contributed by atoms with E-state index in [2.05, 4.69) is 15.6 Å². The Morgan fingerprint density at radius 2 is 1.79 bits per heavy atom. The monoisotopic (exact) mass is 482 g/mol. The number of hydrogen-bond donors (Lipinski definition) is 2. The highest BCUT2D eigenvalue weighted by Crippen LogP contribution is 2.40. The maximum Gasteiger partial charge on any atom is 0.416 e. The number of allylic oxidation sites excluding steroid dienone is 1. The molecule has 0 radical (unpaired) electrons. The number of para-hydroxylation sites is 2. The first-order valence-corrected chi connectivity index (χ1v) is 10.8. The average molecular weight is 483 g/mol. The molecule has 1 aliphatic rings. The Kier molecular flexibility index (Phi) is 5.32. The summed E-state index contributed by atoms with van der Waals surface area (Å²) in [5.74, 6) is 0.0435. The van der Waals surface area contributed by atoms with Crippen molar-refractivity contribution in [3.05, 3.63) is 100 Å². The van der Waals surface area contributed by atoms with Gasteiger partial charge >= 0.3 is 6.18 Å². The molecule has 0 spiro atoms. The number of amides is 1. The van der Waals surface area contributed by atoms with Crippen LogP contribution in [-0.2, 0) is 11.0 Å². The summed E-state index contributed by atoms with van der Waals surface area (Å²) in [6.07, 6.45) is -4.52. The van der Waals surface area contributed by atoms with Gasteiger partial charge in [-0.15, -0.1) is 0 Å². The third-order valence-corrected chi connectivity index (χ3v) is 5.96. The van der Waals surface area contributed by atoms with Crippen molar-refractivity contribution in [3.8, 4) is 0 Å². The number of anilines is 2. The van der Waals surface area contributed by atoms with Gasteiger partial charge in [-0.3, -0.25) is 9.36 Å². The fourth-order valence-electron chi connectivity index (χ4n) is 4.19. The Bertz CT molecular complexity index is 1440. The van der Waals surface area contributed by atoms with Gasteiger partial charge in [0.1, 0.15) is 0 Å². The van der Waals surface area contributed by atoms with Crippen LogP contribution in [-0.4, -0.2) is 15.5 Å². The van der Waals surface area contributed by atoms with Crippen LogP contribution < -0.4 is 10.6 Å². The molecular weight excluding hydrogens is 465 g/mol. The van der Waals surface area contributed by atoms with Crippen LogP contribution in [0, 0.1) is 0 Å². The summed E-state index contributed by atoms with van der Waals surface area (Å²) < 4.78 is 41.4. The minimum Gasteiger partial charge on any atom is -0.329 e. The summed E-state index contributed by atoms with van der Waals surface area (Å²) in [4.78, 5) is 18.2. The van der Waals surface area contributed by atoms with Crippen LogP contribution in [0.25, 0.3) is 11.0 Å². The predicted octanol–water partition coefficient (Wildman–Crippen LogP) is 6.64. The second kappa shape index (κ2) is 8.22.